The highest BCUT2D eigenvalue weighted by Gasteiger charge is 2.34. The second-order valence-electron chi connectivity index (χ2n) is 8.08. The van der Waals surface area contributed by atoms with E-state index in [9.17, 15) is 4.79 Å². The number of carbonyl (C=O) groups is 1. The summed E-state index contributed by atoms with van der Waals surface area (Å²) in [6.07, 6.45) is 2.68. The van der Waals surface area contributed by atoms with Crippen molar-refractivity contribution in [2.75, 3.05) is 0 Å². The minimum absolute atomic E-state index is 0.0803. The summed E-state index contributed by atoms with van der Waals surface area (Å²) in [5, 5.41) is 11.3. The third kappa shape index (κ3) is 3.73. The summed E-state index contributed by atoms with van der Waals surface area (Å²) in [5.41, 5.74) is 7.00. The molecule has 0 aliphatic carbocycles. The molecule has 0 bridgehead atoms. The van der Waals surface area contributed by atoms with Crippen molar-refractivity contribution in [3.63, 3.8) is 0 Å². The lowest BCUT2D eigenvalue weighted by Crippen LogP contribution is -2.24. The van der Waals surface area contributed by atoms with E-state index < -0.39 is 0 Å². The van der Waals surface area contributed by atoms with Crippen LogP contribution in [0.4, 0.5) is 0 Å². The zero-order valence-corrected chi connectivity index (χ0v) is 18.1. The van der Waals surface area contributed by atoms with E-state index >= 15 is 0 Å². The van der Waals surface area contributed by atoms with Crippen molar-refractivity contribution in [3.05, 3.63) is 108 Å². The molecule has 3 aromatic carbocycles. The van der Waals surface area contributed by atoms with Gasteiger partial charge in [-0.1, -0.05) is 78.4 Å². The van der Waals surface area contributed by atoms with Crippen LogP contribution in [0.15, 0.2) is 96.2 Å². The summed E-state index contributed by atoms with van der Waals surface area (Å²) in [4.78, 5) is 12.6. The lowest BCUT2D eigenvalue weighted by Gasteiger charge is -2.20. The molecule has 0 spiro atoms. The van der Waals surface area contributed by atoms with Crippen LogP contribution in [0.2, 0.25) is 0 Å². The maximum atomic E-state index is 12.6. The van der Waals surface area contributed by atoms with Crippen LogP contribution in [-0.4, -0.2) is 26.4 Å². The van der Waals surface area contributed by atoms with E-state index in [1.165, 1.54) is 5.56 Å². The van der Waals surface area contributed by atoms with Gasteiger partial charge in [0, 0.05) is 30.7 Å². The number of nitrogens with zero attached hydrogens (tertiary/aromatic N) is 4. The monoisotopic (exact) mass is 420 g/mol. The molecule has 4 aromatic rings. The zero-order chi connectivity index (χ0) is 22.1. The number of para-hydroxylation sites is 1. The number of amides is 1. The quantitative estimate of drug-likeness (QED) is 0.435. The molecule has 0 fully saturated rings. The highest BCUT2D eigenvalue weighted by molar-refractivity contribution is 6.03. The van der Waals surface area contributed by atoms with Crippen molar-refractivity contribution in [1.82, 2.24) is 14.8 Å². The van der Waals surface area contributed by atoms with E-state index in [4.69, 9.17) is 10.2 Å². The maximum Gasteiger partial charge on any atom is 0.240 e. The molecule has 1 amide bonds. The molecular weight excluding hydrogens is 396 g/mol. The highest BCUT2D eigenvalue weighted by Crippen LogP contribution is 2.38. The number of hydrogen-bond acceptors (Lipinski definition) is 3. The Balaban J connectivity index is 1.62. The molecule has 2 heterocycles. The topological polar surface area (TPSA) is 50.5 Å². The number of aromatic nitrogens is 2. The first kappa shape index (κ1) is 19.9. The molecule has 32 heavy (non-hydrogen) atoms. The standard InChI is InChI=1S/C27H24N4O/c1-19-13-15-22(16-14-19)27-24(18-30(29-27)23-11-7-4-8-12-23)26-17-25(28-31(26)20(2)32)21-9-5-3-6-10-21/h3-16,18,26H,17H2,1-2H3/t26-/m1/s1. The van der Waals surface area contributed by atoms with Crippen LogP contribution in [0.25, 0.3) is 16.9 Å². The Morgan fingerprint density at radius 3 is 2.19 bits per heavy atom. The molecule has 0 saturated heterocycles. The van der Waals surface area contributed by atoms with Crippen LogP contribution < -0.4 is 0 Å². The van der Waals surface area contributed by atoms with Crippen molar-refractivity contribution in [1.29, 1.82) is 0 Å². The summed E-state index contributed by atoms with van der Waals surface area (Å²) in [7, 11) is 0. The molecule has 1 atom stereocenters. The molecule has 0 saturated carbocycles. The minimum atomic E-state index is -0.212. The Morgan fingerprint density at radius 2 is 1.53 bits per heavy atom. The first-order valence-electron chi connectivity index (χ1n) is 10.7. The van der Waals surface area contributed by atoms with Gasteiger partial charge in [0.1, 0.15) is 0 Å². The third-order valence-electron chi connectivity index (χ3n) is 5.79. The summed E-state index contributed by atoms with van der Waals surface area (Å²) in [6, 6.07) is 28.2. The largest absolute Gasteiger partial charge is 0.273 e. The smallest absolute Gasteiger partial charge is 0.240 e. The third-order valence-corrected chi connectivity index (χ3v) is 5.79. The maximum absolute atomic E-state index is 12.6. The fourth-order valence-corrected chi connectivity index (χ4v) is 4.13. The van der Waals surface area contributed by atoms with Gasteiger partial charge in [-0.05, 0) is 24.6 Å². The molecule has 5 heteroatoms. The first-order chi connectivity index (χ1) is 15.6. The number of benzene rings is 3. The second kappa shape index (κ2) is 8.27. The van der Waals surface area contributed by atoms with E-state index in [1.54, 1.807) is 11.9 Å². The lowest BCUT2D eigenvalue weighted by molar-refractivity contribution is -0.130. The fraction of sp³-hybridized carbons (Fsp3) is 0.148. The van der Waals surface area contributed by atoms with Gasteiger partial charge in [-0.25, -0.2) is 9.69 Å². The summed E-state index contributed by atoms with van der Waals surface area (Å²) in [5.74, 6) is -0.0803. The molecule has 5 rings (SSSR count). The molecule has 1 aliphatic heterocycles. The Labute approximate surface area is 187 Å². The van der Waals surface area contributed by atoms with Gasteiger partial charge in [-0.15, -0.1) is 0 Å². The van der Waals surface area contributed by atoms with Crippen LogP contribution >= 0.6 is 0 Å². The summed E-state index contributed by atoms with van der Waals surface area (Å²) < 4.78 is 1.89. The van der Waals surface area contributed by atoms with Crippen LogP contribution in [0.5, 0.6) is 0 Å². The van der Waals surface area contributed by atoms with E-state index in [0.717, 1.165) is 33.8 Å². The number of hydrogen-bond donors (Lipinski definition) is 0. The first-order valence-corrected chi connectivity index (χ1v) is 10.7. The van der Waals surface area contributed by atoms with Gasteiger partial charge in [0.25, 0.3) is 0 Å². The SMILES string of the molecule is CC(=O)N1N=C(c2ccccc2)C[C@@H]1c1cn(-c2ccccc2)nc1-c1ccc(C)cc1. The molecular formula is C27H24N4O. The van der Waals surface area contributed by atoms with Crippen molar-refractivity contribution in [2.24, 2.45) is 5.10 Å². The average Bonchev–Trinajstić information content (AvgIpc) is 3.46. The van der Waals surface area contributed by atoms with Gasteiger partial charge >= 0.3 is 0 Å². The average molecular weight is 421 g/mol. The highest BCUT2D eigenvalue weighted by atomic mass is 16.2. The van der Waals surface area contributed by atoms with Gasteiger partial charge in [0.15, 0.2) is 0 Å². The summed E-state index contributed by atoms with van der Waals surface area (Å²) in [6.45, 7) is 3.64. The van der Waals surface area contributed by atoms with Crippen molar-refractivity contribution in [3.8, 4) is 16.9 Å². The number of carbonyl (C=O) groups excluding carboxylic acids is 1. The lowest BCUT2D eigenvalue weighted by atomic mass is 9.96. The number of hydrazone groups is 1. The van der Waals surface area contributed by atoms with E-state index in [1.807, 2.05) is 71.5 Å². The molecule has 1 aliphatic rings. The fourth-order valence-electron chi connectivity index (χ4n) is 4.13. The zero-order valence-electron chi connectivity index (χ0n) is 18.1. The van der Waals surface area contributed by atoms with Crippen LogP contribution in [0, 0.1) is 6.92 Å². The number of rotatable bonds is 4. The van der Waals surface area contributed by atoms with Gasteiger partial charge in [-0.3, -0.25) is 4.79 Å². The molecule has 1 aromatic heterocycles. The Bertz CT molecular complexity index is 1270. The van der Waals surface area contributed by atoms with Crippen molar-refractivity contribution >= 4 is 11.6 Å². The van der Waals surface area contributed by atoms with Gasteiger partial charge in [-0.2, -0.15) is 10.2 Å². The van der Waals surface area contributed by atoms with Gasteiger partial charge in [0.2, 0.25) is 5.91 Å². The van der Waals surface area contributed by atoms with Gasteiger partial charge < -0.3 is 0 Å². The molecule has 0 unspecified atom stereocenters. The summed E-state index contributed by atoms with van der Waals surface area (Å²) >= 11 is 0. The van der Waals surface area contributed by atoms with E-state index in [2.05, 4.69) is 31.2 Å². The predicted octanol–water partition coefficient (Wildman–Crippen LogP) is 5.55. The minimum Gasteiger partial charge on any atom is -0.273 e. The van der Waals surface area contributed by atoms with E-state index in [-0.39, 0.29) is 11.9 Å². The van der Waals surface area contributed by atoms with Crippen LogP contribution in [-0.2, 0) is 4.79 Å². The number of aryl methyl sites for hydroxylation is 1. The van der Waals surface area contributed by atoms with Gasteiger partial charge in [0.05, 0.1) is 23.1 Å². The van der Waals surface area contributed by atoms with Crippen LogP contribution in [0.3, 0.4) is 0 Å². The van der Waals surface area contributed by atoms with Crippen molar-refractivity contribution < 1.29 is 4.79 Å². The Hall–Kier alpha value is -3.99. The predicted molar refractivity (Wildman–Crippen MR) is 127 cm³/mol. The molecule has 5 nitrogen and oxygen atoms in total. The normalized spacial score (nSPS) is 15.6. The second-order valence-corrected chi connectivity index (χ2v) is 8.08. The Morgan fingerprint density at radius 1 is 0.875 bits per heavy atom. The molecule has 158 valence electrons. The van der Waals surface area contributed by atoms with Crippen LogP contribution in [0.1, 0.15) is 36.1 Å². The van der Waals surface area contributed by atoms with E-state index in [0.29, 0.717) is 6.42 Å². The molecule has 0 N–H and O–H groups in total. The molecule has 0 radical (unpaired) electrons. The Kier molecular flexibility index (Phi) is 5.15. The van der Waals surface area contributed by atoms with Crippen molar-refractivity contribution in [2.45, 2.75) is 26.3 Å².